The van der Waals surface area contributed by atoms with Crippen LogP contribution >= 0.6 is 0 Å². The van der Waals surface area contributed by atoms with Crippen molar-refractivity contribution in [2.75, 3.05) is 25.6 Å². The van der Waals surface area contributed by atoms with E-state index in [2.05, 4.69) is 11.1 Å². The molecule has 0 saturated carbocycles. The molecule has 1 aliphatic rings. The van der Waals surface area contributed by atoms with E-state index in [-0.39, 0.29) is 11.6 Å². The zero-order valence-corrected chi connectivity index (χ0v) is 15.2. The van der Waals surface area contributed by atoms with Crippen LogP contribution in [0.3, 0.4) is 0 Å². The van der Waals surface area contributed by atoms with E-state index in [1.807, 2.05) is 54.4 Å². The summed E-state index contributed by atoms with van der Waals surface area (Å²) in [5.74, 6) is 0.445. The van der Waals surface area contributed by atoms with Crippen LogP contribution in [0.5, 0.6) is 5.75 Å². The van der Waals surface area contributed by atoms with Gasteiger partial charge >= 0.3 is 5.97 Å². The lowest BCUT2D eigenvalue weighted by Crippen LogP contribution is -2.17. The Labute approximate surface area is 158 Å². The molecular weight excluding hydrogens is 342 g/mol. The number of ether oxygens (including phenoxy) is 2. The lowest BCUT2D eigenvalue weighted by atomic mass is 10.1. The van der Waals surface area contributed by atoms with Crippen molar-refractivity contribution in [2.45, 2.75) is 6.42 Å². The number of carbonyl (C=O) groups excluding carboxylic acids is 1. The Morgan fingerprint density at radius 1 is 1.26 bits per heavy atom. The van der Waals surface area contributed by atoms with Crippen molar-refractivity contribution < 1.29 is 14.3 Å². The minimum atomic E-state index is -0.483. The topological polar surface area (TPSA) is 74.9 Å². The van der Waals surface area contributed by atoms with E-state index >= 15 is 0 Å². The van der Waals surface area contributed by atoms with Gasteiger partial charge in [0.1, 0.15) is 5.75 Å². The molecule has 2 aromatic carbocycles. The van der Waals surface area contributed by atoms with E-state index < -0.39 is 5.97 Å². The highest BCUT2D eigenvalue weighted by atomic mass is 16.6. The van der Waals surface area contributed by atoms with Crippen molar-refractivity contribution >= 4 is 23.6 Å². The van der Waals surface area contributed by atoms with Gasteiger partial charge in [-0.3, -0.25) is 0 Å². The molecule has 0 aromatic heterocycles. The largest absolute Gasteiger partial charge is 0.497 e. The summed E-state index contributed by atoms with van der Waals surface area (Å²) in [6.07, 6.45) is 2.16. The Hall–Kier alpha value is -3.59. The molecule has 0 aliphatic carbocycles. The van der Waals surface area contributed by atoms with Crippen LogP contribution in [0.15, 0.2) is 59.2 Å². The van der Waals surface area contributed by atoms with Gasteiger partial charge in [-0.25, -0.2) is 9.79 Å². The Morgan fingerprint density at radius 3 is 2.74 bits per heavy atom. The number of esters is 1. The van der Waals surface area contributed by atoms with Crippen molar-refractivity contribution in [3.63, 3.8) is 0 Å². The number of benzene rings is 2. The summed E-state index contributed by atoms with van der Waals surface area (Å²) < 4.78 is 10.5. The van der Waals surface area contributed by atoms with Crippen LogP contribution in [0.1, 0.15) is 17.5 Å². The number of cyclic esters (lactones) is 1. The van der Waals surface area contributed by atoms with E-state index in [1.165, 1.54) is 0 Å². The molecule has 2 aromatic rings. The number of carbonyl (C=O) groups is 1. The molecule has 6 heteroatoms. The second-order valence-electron chi connectivity index (χ2n) is 5.99. The molecule has 27 heavy (non-hydrogen) atoms. The monoisotopic (exact) mass is 361 g/mol. The number of hydrogen-bond donors (Lipinski definition) is 0. The molecule has 0 saturated heterocycles. The maximum Gasteiger partial charge on any atom is 0.363 e. The third kappa shape index (κ3) is 4.33. The standard InChI is InChI=1S/C21H19N3O3/c1-24(12-4-11-22)17-9-7-15(8-10-17)13-19-21(25)27-20(23-19)16-5-3-6-18(14-16)26-2/h3,5-10,13-14H,4,12H2,1-2H3/b19-13-. The van der Waals surface area contributed by atoms with Gasteiger partial charge in [-0.1, -0.05) is 18.2 Å². The van der Waals surface area contributed by atoms with Gasteiger partial charge in [0.2, 0.25) is 5.90 Å². The zero-order valence-electron chi connectivity index (χ0n) is 15.2. The third-order valence-electron chi connectivity index (χ3n) is 4.13. The van der Waals surface area contributed by atoms with Crippen LogP contribution in [0, 0.1) is 11.3 Å². The maximum absolute atomic E-state index is 12.1. The quantitative estimate of drug-likeness (QED) is 0.582. The van der Waals surface area contributed by atoms with Gasteiger partial charge in [0.25, 0.3) is 0 Å². The average Bonchev–Trinajstić information content (AvgIpc) is 3.07. The van der Waals surface area contributed by atoms with Crippen LogP contribution < -0.4 is 9.64 Å². The second-order valence-corrected chi connectivity index (χ2v) is 5.99. The maximum atomic E-state index is 12.1. The number of anilines is 1. The Morgan fingerprint density at radius 2 is 2.04 bits per heavy atom. The molecule has 3 rings (SSSR count). The number of aliphatic imine (C=N–C) groups is 1. The minimum absolute atomic E-state index is 0.249. The van der Waals surface area contributed by atoms with Crippen LogP contribution in [0.25, 0.3) is 6.08 Å². The van der Waals surface area contributed by atoms with Crippen LogP contribution in [-0.4, -0.2) is 32.6 Å². The molecule has 0 spiro atoms. The number of hydrogen-bond acceptors (Lipinski definition) is 6. The van der Waals surface area contributed by atoms with E-state index in [0.717, 1.165) is 11.3 Å². The third-order valence-corrected chi connectivity index (χ3v) is 4.13. The summed E-state index contributed by atoms with van der Waals surface area (Å²) in [5.41, 5.74) is 2.77. The molecule has 0 radical (unpaired) electrons. The minimum Gasteiger partial charge on any atom is -0.497 e. The van der Waals surface area contributed by atoms with Gasteiger partial charge in [0, 0.05) is 24.8 Å². The van der Waals surface area contributed by atoms with Crippen molar-refractivity contribution in [2.24, 2.45) is 4.99 Å². The first kappa shape index (κ1) is 18.2. The molecule has 0 bridgehead atoms. The smallest absolute Gasteiger partial charge is 0.363 e. The SMILES string of the molecule is COc1cccc(C2=N/C(=C\c3ccc(N(C)CCC#N)cc3)C(=O)O2)c1. The van der Waals surface area contributed by atoms with E-state index in [1.54, 1.807) is 19.3 Å². The lowest BCUT2D eigenvalue weighted by Gasteiger charge is -2.17. The van der Waals surface area contributed by atoms with Gasteiger partial charge in [0.15, 0.2) is 5.70 Å². The summed E-state index contributed by atoms with van der Waals surface area (Å²) in [4.78, 5) is 18.5. The molecule has 0 unspecified atom stereocenters. The van der Waals surface area contributed by atoms with Crippen molar-refractivity contribution in [3.8, 4) is 11.8 Å². The van der Waals surface area contributed by atoms with Gasteiger partial charge in [-0.05, 0) is 42.0 Å². The fraction of sp³-hybridized carbons (Fsp3) is 0.190. The normalized spacial score (nSPS) is 14.5. The first-order valence-electron chi connectivity index (χ1n) is 8.46. The summed E-state index contributed by atoms with van der Waals surface area (Å²) in [6.45, 7) is 0.664. The predicted molar refractivity (Wildman–Crippen MR) is 104 cm³/mol. The molecule has 136 valence electrons. The molecule has 1 heterocycles. The lowest BCUT2D eigenvalue weighted by molar-refractivity contribution is -0.129. The Bertz CT molecular complexity index is 940. The van der Waals surface area contributed by atoms with Crippen LogP contribution in [0.2, 0.25) is 0 Å². The first-order chi connectivity index (χ1) is 13.1. The van der Waals surface area contributed by atoms with Gasteiger partial charge in [-0.15, -0.1) is 0 Å². The fourth-order valence-electron chi connectivity index (χ4n) is 2.62. The first-order valence-corrected chi connectivity index (χ1v) is 8.46. The molecule has 0 N–H and O–H groups in total. The number of rotatable bonds is 6. The number of nitriles is 1. The van der Waals surface area contributed by atoms with Crippen LogP contribution in [0.4, 0.5) is 5.69 Å². The van der Waals surface area contributed by atoms with E-state index in [0.29, 0.717) is 24.3 Å². The fourth-order valence-corrected chi connectivity index (χ4v) is 2.62. The van der Waals surface area contributed by atoms with Crippen molar-refractivity contribution in [3.05, 3.63) is 65.4 Å². The predicted octanol–water partition coefficient (Wildman–Crippen LogP) is 3.39. The molecule has 0 amide bonds. The number of nitrogens with zero attached hydrogens (tertiary/aromatic N) is 3. The van der Waals surface area contributed by atoms with E-state index in [4.69, 9.17) is 14.7 Å². The second kappa shape index (κ2) is 8.19. The highest BCUT2D eigenvalue weighted by molar-refractivity contribution is 6.13. The number of methoxy groups -OCH3 is 1. The molecule has 0 fully saturated rings. The average molecular weight is 361 g/mol. The van der Waals surface area contributed by atoms with Crippen LogP contribution in [-0.2, 0) is 9.53 Å². The molecule has 0 atom stereocenters. The van der Waals surface area contributed by atoms with E-state index in [9.17, 15) is 4.79 Å². The summed E-state index contributed by atoms with van der Waals surface area (Å²) in [7, 11) is 3.51. The Balaban J connectivity index is 1.79. The van der Waals surface area contributed by atoms with Gasteiger partial charge in [0.05, 0.1) is 19.6 Å². The summed E-state index contributed by atoms with van der Waals surface area (Å²) >= 11 is 0. The Kier molecular flexibility index (Phi) is 5.53. The summed E-state index contributed by atoms with van der Waals surface area (Å²) in [6, 6.07) is 17.0. The zero-order chi connectivity index (χ0) is 19.2. The van der Waals surface area contributed by atoms with Gasteiger partial charge < -0.3 is 14.4 Å². The van der Waals surface area contributed by atoms with Crippen molar-refractivity contribution in [1.29, 1.82) is 5.26 Å². The molecule has 1 aliphatic heterocycles. The molecule has 6 nitrogen and oxygen atoms in total. The molecular formula is C21H19N3O3. The highest BCUT2D eigenvalue weighted by Crippen LogP contribution is 2.22. The highest BCUT2D eigenvalue weighted by Gasteiger charge is 2.24. The van der Waals surface area contributed by atoms with Crippen molar-refractivity contribution in [1.82, 2.24) is 0 Å². The summed E-state index contributed by atoms with van der Waals surface area (Å²) in [5, 5.41) is 8.68. The van der Waals surface area contributed by atoms with Gasteiger partial charge in [-0.2, -0.15) is 5.26 Å².